The Kier molecular flexibility index (Phi) is 6.30. The molecule has 0 spiro atoms. The maximum Gasteiger partial charge on any atom is 0.338 e. The summed E-state index contributed by atoms with van der Waals surface area (Å²) in [5.41, 5.74) is 7.47. The molecule has 0 heterocycles. The summed E-state index contributed by atoms with van der Waals surface area (Å²) >= 11 is 6.02. The summed E-state index contributed by atoms with van der Waals surface area (Å²) in [6.07, 6.45) is 0. The Morgan fingerprint density at radius 3 is 2.42 bits per heavy atom. The Hall–Kier alpha value is -2.93. The molecule has 0 fully saturated rings. The minimum absolute atomic E-state index is 0.219. The smallest absolute Gasteiger partial charge is 0.338 e. The lowest BCUT2D eigenvalue weighted by molar-refractivity contribution is -0.119. The molecule has 0 unspecified atom stereocenters. The van der Waals surface area contributed by atoms with Crippen LogP contribution in [0.5, 0.6) is 11.5 Å². The fourth-order valence-corrected chi connectivity index (χ4v) is 2.35. The van der Waals surface area contributed by atoms with E-state index in [2.05, 4.69) is 5.32 Å². The van der Waals surface area contributed by atoms with Crippen molar-refractivity contribution in [1.82, 2.24) is 0 Å². The Morgan fingerprint density at radius 2 is 1.81 bits per heavy atom. The Morgan fingerprint density at radius 1 is 1.12 bits per heavy atom. The molecule has 0 aliphatic rings. The van der Waals surface area contributed by atoms with Crippen molar-refractivity contribution in [3.8, 4) is 11.5 Å². The molecule has 7 nitrogen and oxygen atoms in total. The number of methoxy groups -OCH3 is 2. The van der Waals surface area contributed by atoms with Crippen LogP contribution in [0.15, 0.2) is 30.3 Å². The Bertz CT molecular complexity index is 839. The third kappa shape index (κ3) is 4.58. The number of esters is 1. The molecule has 2 aromatic carbocycles. The van der Waals surface area contributed by atoms with Crippen molar-refractivity contribution >= 4 is 34.9 Å². The summed E-state index contributed by atoms with van der Waals surface area (Å²) < 4.78 is 15.2. The minimum Gasteiger partial charge on any atom is -0.495 e. The summed E-state index contributed by atoms with van der Waals surface area (Å²) in [6.45, 7) is 1.33. The van der Waals surface area contributed by atoms with Gasteiger partial charge in [0.05, 0.1) is 31.2 Å². The van der Waals surface area contributed by atoms with Crippen LogP contribution in [0.3, 0.4) is 0 Å². The van der Waals surface area contributed by atoms with Gasteiger partial charge in [0, 0.05) is 11.1 Å². The van der Waals surface area contributed by atoms with Crippen molar-refractivity contribution in [2.24, 2.45) is 0 Å². The molecule has 0 saturated carbocycles. The number of amides is 1. The van der Waals surface area contributed by atoms with E-state index in [1.54, 1.807) is 25.1 Å². The molecule has 0 radical (unpaired) electrons. The fraction of sp³-hybridized carbons (Fsp3) is 0.222. The van der Waals surface area contributed by atoms with Gasteiger partial charge in [0.15, 0.2) is 6.61 Å². The van der Waals surface area contributed by atoms with Crippen molar-refractivity contribution < 1.29 is 23.8 Å². The second-order valence-electron chi connectivity index (χ2n) is 5.38. The molecule has 0 aliphatic carbocycles. The molecule has 26 heavy (non-hydrogen) atoms. The molecule has 8 heteroatoms. The first-order chi connectivity index (χ1) is 12.3. The predicted molar refractivity (Wildman–Crippen MR) is 99.1 cm³/mol. The quantitative estimate of drug-likeness (QED) is 0.592. The molecule has 0 atom stereocenters. The highest BCUT2D eigenvalue weighted by Crippen LogP contribution is 2.30. The second kappa shape index (κ2) is 8.44. The third-order valence-electron chi connectivity index (χ3n) is 3.55. The van der Waals surface area contributed by atoms with Crippen LogP contribution in [0.1, 0.15) is 15.9 Å². The molecule has 3 N–H and O–H groups in total. The minimum atomic E-state index is -0.672. The molecule has 2 rings (SSSR count). The van der Waals surface area contributed by atoms with Crippen molar-refractivity contribution in [2.75, 3.05) is 31.9 Å². The molecular weight excluding hydrogens is 360 g/mol. The largest absolute Gasteiger partial charge is 0.495 e. The molecule has 0 saturated heterocycles. The van der Waals surface area contributed by atoms with E-state index < -0.39 is 18.5 Å². The lowest BCUT2D eigenvalue weighted by Crippen LogP contribution is -2.21. The number of anilines is 2. The number of nitrogens with one attached hydrogen (secondary N) is 1. The first-order valence-electron chi connectivity index (χ1n) is 7.60. The van der Waals surface area contributed by atoms with E-state index in [1.807, 2.05) is 0 Å². The molecule has 0 aromatic heterocycles. The highest BCUT2D eigenvalue weighted by atomic mass is 35.5. The van der Waals surface area contributed by atoms with Gasteiger partial charge in [-0.15, -0.1) is 0 Å². The van der Waals surface area contributed by atoms with Gasteiger partial charge in [0.25, 0.3) is 5.91 Å². The van der Waals surface area contributed by atoms with Crippen LogP contribution in [0.4, 0.5) is 11.4 Å². The summed E-state index contributed by atoms with van der Waals surface area (Å²) in [5.74, 6) is -0.332. The van der Waals surface area contributed by atoms with E-state index in [0.29, 0.717) is 27.9 Å². The zero-order valence-corrected chi connectivity index (χ0v) is 15.3. The normalized spacial score (nSPS) is 10.2. The van der Waals surface area contributed by atoms with Crippen molar-refractivity contribution in [3.05, 3.63) is 46.5 Å². The van der Waals surface area contributed by atoms with Crippen LogP contribution >= 0.6 is 11.6 Å². The monoisotopic (exact) mass is 378 g/mol. The van der Waals surface area contributed by atoms with Gasteiger partial charge in [0.1, 0.15) is 11.5 Å². The van der Waals surface area contributed by atoms with E-state index in [-0.39, 0.29) is 5.56 Å². The van der Waals surface area contributed by atoms with Crippen molar-refractivity contribution in [1.29, 1.82) is 0 Å². The SMILES string of the molecule is COc1ccc(C(=O)OCC(=O)Nc2cc(C)c(Cl)cc2OC)cc1N. The van der Waals surface area contributed by atoms with Crippen LogP contribution in [-0.2, 0) is 9.53 Å². The van der Waals surface area contributed by atoms with E-state index in [0.717, 1.165) is 5.56 Å². The second-order valence-corrected chi connectivity index (χ2v) is 5.79. The zero-order valence-electron chi connectivity index (χ0n) is 14.6. The van der Waals surface area contributed by atoms with Gasteiger partial charge in [-0.05, 0) is 36.8 Å². The van der Waals surface area contributed by atoms with Crippen LogP contribution in [-0.4, -0.2) is 32.7 Å². The number of hydrogen-bond donors (Lipinski definition) is 2. The standard InChI is InChI=1S/C18H19ClN2O5/c1-10-6-14(16(25-3)8-12(10)19)21-17(22)9-26-18(23)11-4-5-15(24-2)13(20)7-11/h4-8H,9,20H2,1-3H3,(H,21,22). The topological polar surface area (TPSA) is 99.9 Å². The highest BCUT2D eigenvalue weighted by Gasteiger charge is 2.14. The Labute approximate surface area is 156 Å². The van der Waals surface area contributed by atoms with Gasteiger partial charge in [-0.25, -0.2) is 4.79 Å². The number of ether oxygens (including phenoxy) is 3. The molecule has 1 amide bonds. The summed E-state index contributed by atoms with van der Waals surface area (Å²) in [7, 11) is 2.94. The first-order valence-corrected chi connectivity index (χ1v) is 7.98. The van der Waals surface area contributed by atoms with Crippen LogP contribution in [0.2, 0.25) is 5.02 Å². The van der Waals surface area contributed by atoms with Gasteiger partial charge in [-0.3, -0.25) is 4.79 Å². The summed E-state index contributed by atoms with van der Waals surface area (Å²) in [6, 6.07) is 7.74. The molecule has 2 aromatic rings. The molecule has 0 aliphatic heterocycles. The lowest BCUT2D eigenvalue weighted by atomic mass is 10.2. The van der Waals surface area contributed by atoms with E-state index in [1.165, 1.54) is 26.4 Å². The van der Waals surface area contributed by atoms with Gasteiger partial charge in [0.2, 0.25) is 0 Å². The number of halogens is 1. The third-order valence-corrected chi connectivity index (χ3v) is 3.96. The van der Waals surface area contributed by atoms with Gasteiger partial charge in [-0.1, -0.05) is 11.6 Å². The number of benzene rings is 2. The van der Waals surface area contributed by atoms with Gasteiger partial charge < -0.3 is 25.3 Å². The number of nitrogen functional groups attached to an aromatic ring is 1. The molecule has 0 bridgehead atoms. The van der Waals surface area contributed by atoms with Gasteiger partial charge >= 0.3 is 5.97 Å². The van der Waals surface area contributed by atoms with Crippen LogP contribution in [0.25, 0.3) is 0 Å². The predicted octanol–water partition coefficient (Wildman–Crippen LogP) is 3.04. The Balaban J connectivity index is 2.00. The average Bonchev–Trinajstić information content (AvgIpc) is 2.62. The summed E-state index contributed by atoms with van der Waals surface area (Å²) in [4.78, 5) is 24.1. The van der Waals surface area contributed by atoms with Crippen LogP contribution in [0, 0.1) is 6.92 Å². The van der Waals surface area contributed by atoms with E-state index in [9.17, 15) is 9.59 Å². The number of hydrogen-bond acceptors (Lipinski definition) is 6. The number of aryl methyl sites for hydroxylation is 1. The number of rotatable bonds is 6. The first kappa shape index (κ1) is 19.4. The maximum absolute atomic E-state index is 12.1. The number of carbonyl (C=O) groups excluding carboxylic acids is 2. The summed E-state index contributed by atoms with van der Waals surface area (Å²) in [5, 5.41) is 3.14. The number of nitrogens with two attached hydrogens (primary N) is 1. The van der Waals surface area contributed by atoms with Gasteiger partial charge in [-0.2, -0.15) is 0 Å². The maximum atomic E-state index is 12.1. The number of carbonyl (C=O) groups is 2. The lowest BCUT2D eigenvalue weighted by Gasteiger charge is -2.12. The van der Waals surface area contributed by atoms with Crippen molar-refractivity contribution in [2.45, 2.75) is 6.92 Å². The average molecular weight is 379 g/mol. The van der Waals surface area contributed by atoms with E-state index >= 15 is 0 Å². The molecular formula is C18H19ClN2O5. The highest BCUT2D eigenvalue weighted by molar-refractivity contribution is 6.31. The van der Waals surface area contributed by atoms with E-state index in [4.69, 9.17) is 31.5 Å². The molecule has 138 valence electrons. The van der Waals surface area contributed by atoms with Crippen LogP contribution < -0.4 is 20.5 Å². The fourth-order valence-electron chi connectivity index (χ4n) is 2.19. The van der Waals surface area contributed by atoms with Crippen molar-refractivity contribution in [3.63, 3.8) is 0 Å². The zero-order chi connectivity index (χ0) is 19.3.